The van der Waals surface area contributed by atoms with Gasteiger partial charge in [-0.2, -0.15) is 0 Å². The van der Waals surface area contributed by atoms with E-state index in [1.165, 1.54) is 11.3 Å². The Bertz CT molecular complexity index is 553. The van der Waals surface area contributed by atoms with Gasteiger partial charge in [-0.05, 0) is 45.9 Å². The van der Waals surface area contributed by atoms with E-state index >= 15 is 0 Å². The average molecular weight is 342 g/mol. The van der Waals surface area contributed by atoms with Crippen molar-refractivity contribution in [1.82, 2.24) is 0 Å². The summed E-state index contributed by atoms with van der Waals surface area (Å²) >= 11 is 6.52. The van der Waals surface area contributed by atoms with Crippen LogP contribution in [0.2, 0.25) is 0 Å². The summed E-state index contributed by atoms with van der Waals surface area (Å²) in [5.74, 6) is 0.923. The van der Waals surface area contributed by atoms with Crippen LogP contribution in [-0.2, 0) is 0 Å². The van der Waals surface area contributed by atoms with Crippen LogP contribution in [-0.4, -0.2) is 11.7 Å². The van der Waals surface area contributed by atoms with Crippen LogP contribution in [0.15, 0.2) is 45.1 Å². The lowest BCUT2D eigenvalue weighted by molar-refractivity contribution is 0.103. The van der Waals surface area contributed by atoms with Crippen LogP contribution in [0.1, 0.15) is 16.6 Å². The van der Waals surface area contributed by atoms with E-state index in [1.54, 1.807) is 11.8 Å². The first-order valence-electron chi connectivity index (χ1n) is 5.49. The molecule has 1 N–H and O–H groups in total. The van der Waals surface area contributed by atoms with E-state index < -0.39 is 0 Å². The first-order chi connectivity index (χ1) is 8.70. The number of benzene rings is 1. The second kappa shape index (κ2) is 6.41. The van der Waals surface area contributed by atoms with E-state index in [-0.39, 0.29) is 5.91 Å². The Balaban J connectivity index is 2.16. The maximum absolute atomic E-state index is 12.1. The molecule has 0 radical (unpaired) electrons. The smallest absolute Gasteiger partial charge is 0.265 e. The summed E-state index contributed by atoms with van der Waals surface area (Å²) in [4.78, 5) is 13.9. The summed E-state index contributed by atoms with van der Waals surface area (Å²) in [6.45, 7) is 2.10. The third-order valence-corrected chi connectivity index (χ3v) is 4.81. The molecule has 1 aromatic heterocycles. The van der Waals surface area contributed by atoms with Crippen molar-refractivity contribution < 1.29 is 4.79 Å². The maximum atomic E-state index is 12.1. The molecular formula is C13H12BrNOS2. The highest BCUT2D eigenvalue weighted by molar-refractivity contribution is 9.11. The topological polar surface area (TPSA) is 29.1 Å². The Morgan fingerprint density at radius 2 is 2.11 bits per heavy atom. The molecule has 0 unspecified atom stereocenters. The number of carbonyl (C=O) groups excluding carboxylic acids is 1. The minimum atomic E-state index is -0.0603. The van der Waals surface area contributed by atoms with Gasteiger partial charge in [0.1, 0.15) is 0 Å². The summed E-state index contributed by atoms with van der Waals surface area (Å²) in [6.07, 6.45) is 0. The second-order valence-corrected chi connectivity index (χ2v) is 7.26. The molecule has 0 aliphatic carbocycles. The van der Waals surface area contributed by atoms with Gasteiger partial charge < -0.3 is 5.32 Å². The van der Waals surface area contributed by atoms with Gasteiger partial charge in [0.05, 0.1) is 14.4 Å². The molecule has 0 fully saturated rings. The zero-order valence-corrected chi connectivity index (χ0v) is 13.0. The highest BCUT2D eigenvalue weighted by atomic mass is 79.9. The monoisotopic (exact) mass is 341 g/mol. The number of carbonyl (C=O) groups is 1. The first kappa shape index (κ1) is 13.6. The number of hydrogen-bond donors (Lipinski definition) is 1. The molecule has 0 saturated carbocycles. The number of thiophene rings is 1. The summed E-state index contributed by atoms with van der Waals surface area (Å²) < 4.78 is 0.962. The molecular weight excluding hydrogens is 330 g/mol. The molecule has 1 aromatic carbocycles. The fourth-order valence-electron chi connectivity index (χ4n) is 1.47. The van der Waals surface area contributed by atoms with Crippen molar-refractivity contribution in [3.8, 4) is 0 Å². The molecule has 0 aliphatic rings. The number of hydrogen-bond acceptors (Lipinski definition) is 3. The molecule has 0 saturated heterocycles. The van der Waals surface area contributed by atoms with Crippen LogP contribution < -0.4 is 5.32 Å². The quantitative estimate of drug-likeness (QED) is 0.803. The molecule has 18 heavy (non-hydrogen) atoms. The van der Waals surface area contributed by atoms with E-state index in [2.05, 4.69) is 28.2 Å². The van der Waals surface area contributed by atoms with Crippen molar-refractivity contribution in [3.05, 3.63) is 45.1 Å². The number of halogens is 1. The number of nitrogens with one attached hydrogen (secondary N) is 1. The van der Waals surface area contributed by atoms with E-state index in [1.807, 2.05) is 36.4 Å². The largest absolute Gasteiger partial charge is 0.320 e. The van der Waals surface area contributed by atoms with Crippen LogP contribution in [0, 0.1) is 0 Å². The van der Waals surface area contributed by atoms with Crippen molar-refractivity contribution in [3.63, 3.8) is 0 Å². The Morgan fingerprint density at radius 1 is 1.33 bits per heavy atom. The van der Waals surface area contributed by atoms with Gasteiger partial charge in [0.2, 0.25) is 0 Å². The predicted molar refractivity (Wildman–Crippen MR) is 82.8 cm³/mol. The molecule has 0 aliphatic heterocycles. The van der Waals surface area contributed by atoms with Crippen molar-refractivity contribution in [2.24, 2.45) is 0 Å². The van der Waals surface area contributed by atoms with Gasteiger partial charge in [0, 0.05) is 4.90 Å². The van der Waals surface area contributed by atoms with Crippen molar-refractivity contribution in [1.29, 1.82) is 0 Å². The number of anilines is 1. The molecule has 1 heterocycles. The highest BCUT2D eigenvalue weighted by Crippen LogP contribution is 2.28. The molecule has 5 heteroatoms. The molecule has 0 bridgehead atoms. The van der Waals surface area contributed by atoms with Gasteiger partial charge >= 0.3 is 0 Å². The van der Waals surface area contributed by atoms with Gasteiger partial charge in [-0.15, -0.1) is 23.1 Å². The van der Waals surface area contributed by atoms with Crippen LogP contribution in [0.5, 0.6) is 0 Å². The average Bonchev–Trinajstić information content (AvgIpc) is 2.79. The van der Waals surface area contributed by atoms with Gasteiger partial charge in [-0.1, -0.05) is 19.1 Å². The minimum Gasteiger partial charge on any atom is -0.320 e. The van der Waals surface area contributed by atoms with Crippen LogP contribution in [0.4, 0.5) is 5.69 Å². The third kappa shape index (κ3) is 3.37. The fourth-order valence-corrected chi connectivity index (χ4v) is 3.51. The lowest BCUT2D eigenvalue weighted by Crippen LogP contribution is -2.10. The molecule has 2 rings (SSSR count). The third-order valence-electron chi connectivity index (χ3n) is 2.23. The number of rotatable bonds is 4. The first-order valence-corrected chi connectivity index (χ1v) is 8.08. The van der Waals surface area contributed by atoms with Crippen molar-refractivity contribution in [2.75, 3.05) is 11.1 Å². The highest BCUT2D eigenvalue weighted by Gasteiger charge is 2.10. The zero-order chi connectivity index (χ0) is 13.0. The van der Waals surface area contributed by atoms with Crippen LogP contribution in [0.25, 0.3) is 0 Å². The number of amides is 1. The number of thioether (sulfide) groups is 1. The van der Waals surface area contributed by atoms with Gasteiger partial charge in [-0.25, -0.2) is 0 Å². The van der Waals surface area contributed by atoms with E-state index in [0.717, 1.165) is 20.1 Å². The maximum Gasteiger partial charge on any atom is 0.265 e. The Kier molecular flexibility index (Phi) is 4.86. The SMILES string of the molecule is CCSc1ccccc1NC(=O)c1ccc(Br)s1. The van der Waals surface area contributed by atoms with Gasteiger partial charge in [-0.3, -0.25) is 4.79 Å². The minimum absolute atomic E-state index is 0.0603. The van der Waals surface area contributed by atoms with Gasteiger partial charge in [0.15, 0.2) is 0 Å². The molecule has 1 amide bonds. The van der Waals surface area contributed by atoms with Crippen LogP contribution in [0.3, 0.4) is 0 Å². The van der Waals surface area contributed by atoms with E-state index in [0.29, 0.717) is 4.88 Å². The summed E-state index contributed by atoms with van der Waals surface area (Å²) in [6, 6.07) is 11.6. The van der Waals surface area contributed by atoms with Crippen molar-refractivity contribution >= 4 is 50.6 Å². The normalized spacial score (nSPS) is 10.3. The molecule has 94 valence electrons. The Labute approximate surface area is 123 Å². The number of para-hydroxylation sites is 1. The molecule has 2 aromatic rings. The van der Waals surface area contributed by atoms with E-state index in [9.17, 15) is 4.79 Å². The van der Waals surface area contributed by atoms with Crippen LogP contribution >= 0.6 is 39.0 Å². The summed E-state index contributed by atoms with van der Waals surface area (Å²) in [7, 11) is 0. The van der Waals surface area contributed by atoms with Crippen molar-refractivity contribution in [2.45, 2.75) is 11.8 Å². The summed E-state index contributed by atoms with van der Waals surface area (Å²) in [5, 5.41) is 2.95. The fraction of sp³-hybridized carbons (Fsp3) is 0.154. The lowest BCUT2D eigenvalue weighted by atomic mass is 10.3. The lowest BCUT2D eigenvalue weighted by Gasteiger charge is -2.08. The van der Waals surface area contributed by atoms with Gasteiger partial charge in [0.25, 0.3) is 5.91 Å². The molecule has 0 atom stereocenters. The Hall–Kier alpha value is -0.780. The summed E-state index contributed by atoms with van der Waals surface area (Å²) in [5.41, 5.74) is 0.874. The Morgan fingerprint density at radius 3 is 2.78 bits per heavy atom. The van der Waals surface area contributed by atoms with E-state index in [4.69, 9.17) is 0 Å². The predicted octanol–water partition coefficient (Wildman–Crippen LogP) is 4.87. The zero-order valence-electron chi connectivity index (χ0n) is 9.77. The molecule has 2 nitrogen and oxygen atoms in total. The molecule has 0 spiro atoms. The second-order valence-electron chi connectivity index (χ2n) is 3.49. The standard InChI is InChI=1S/C13H12BrNOS2/c1-2-17-10-6-4-3-5-9(10)15-13(16)11-7-8-12(14)18-11/h3-8H,2H2,1H3,(H,15,16).